The van der Waals surface area contributed by atoms with Crippen molar-refractivity contribution in [3.8, 4) is 0 Å². The maximum atomic E-state index is 12.8. The van der Waals surface area contributed by atoms with E-state index in [0.29, 0.717) is 0 Å². The molecule has 3 rings (SSSR count). The second-order valence-electron chi connectivity index (χ2n) is 7.30. The molecule has 21 heavy (non-hydrogen) atoms. The predicted octanol–water partition coefficient (Wildman–Crippen LogP) is 4.02. The van der Waals surface area contributed by atoms with Gasteiger partial charge in [-0.15, -0.1) is 0 Å². The first-order chi connectivity index (χ1) is 9.94. The number of carbonyl (C=O) groups excluding carboxylic acids is 1. The van der Waals surface area contributed by atoms with Crippen LogP contribution in [0.5, 0.6) is 0 Å². The minimum Gasteiger partial charge on any atom is -0.433 e. The molecule has 3 heteroatoms. The highest BCUT2D eigenvalue weighted by atomic mass is 16.8. The van der Waals surface area contributed by atoms with E-state index >= 15 is 0 Å². The van der Waals surface area contributed by atoms with Crippen LogP contribution in [0.25, 0.3) is 0 Å². The van der Waals surface area contributed by atoms with Crippen LogP contribution in [-0.2, 0) is 19.9 Å². The second-order valence-corrected chi connectivity index (χ2v) is 7.30. The lowest BCUT2D eigenvalue weighted by atomic mass is 9.80. The lowest BCUT2D eigenvalue weighted by Crippen LogP contribution is -2.41. The van der Waals surface area contributed by atoms with Gasteiger partial charge in [0.25, 0.3) is 0 Å². The minimum absolute atomic E-state index is 0.208. The smallest absolute Gasteiger partial charge is 0.345 e. The Morgan fingerprint density at radius 2 is 1.71 bits per heavy atom. The second kappa shape index (κ2) is 5.13. The molecule has 0 bridgehead atoms. The number of carbonyl (C=O) groups is 1. The molecule has 1 saturated heterocycles. The van der Waals surface area contributed by atoms with Crippen LogP contribution < -0.4 is 0 Å². The molecule has 1 unspecified atom stereocenters. The van der Waals surface area contributed by atoms with Gasteiger partial charge in [0, 0.05) is 11.3 Å². The van der Waals surface area contributed by atoms with Crippen molar-refractivity contribution in [3.05, 3.63) is 35.9 Å². The van der Waals surface area contributed by atoms with E-state index in [9.17, 15) is 4.79 Å². The zero-order valence-corrected chi connectivity index (χ0v) is 13.1. The monoisotopic (exact) mass is 288 g/mol. The van der Waals surface area contributed by atoms with Crippen molar-refractivity contribution in [2.24, 2.45) is 11.3 Å². The Morgan fingerprint density at radius 1 is 1.10 bits per heavy atom. The molecule has 2 fully saturated rings. The number of hydrogen-bond donors (Lipinski definition) is 0. The molecule has 0 aromatic heterocycles. The van der Waals surface area contributed by atoms with Crippen molar-refractivity contribution < 1.29 is 14.3 Å². The predicted molar refractivity (Wildman–Crippen MR) is 80.5 cm³/mol. The summed E-state index contributed by atoms with van der Waals surface area (Å²) in [6.07, 6.45) is 3.90. The van der Waals surface area contributed by atoms with E-state index in [0.717, 1.165) is 31.2 Å². The van der Waals surface area contributed by atoms with Crippen molar-refractivity contribution in [2.75, 3.05) is 0 Å². The molecule has 1 aliphatic heterocycles. The summed E-state index contributed by atoms with van der Waals surface area (Å²) in [6.45, 7) is 6.13. The third-order valence-electron chi connectivity index (χ3n) is 4.65. The van der Waals surface area contributed by atoms with E-state index < -0.39 is 11.9 Å². The molecular formula is C18H24O3. The van der Waals surface area contributed by atoms with E-state index in [2.05, 4.69) is 0 Å². The van der Waals surface area contributed by atoms with E-state index in [1.54, 1.807) is 0 Å². The highest BCUT2D eigenvalue weighted by Crippen LogP contribution is 2.50. The topological polar surface area (TPSA) is 35.5 Å². The Balaban J connectivity index is 2.03. The molecule has 3 nitrogen and oxygen atoms in total. The number of esters is 1. The Kier molecular flexibility index (Phi) is 3.56. The number of cyclic esters (lactones) is 1. The van der Waals surface area contributed by atoms with E-state index in [1.165, 1.54) is 0 Å². The van der Waals surface area contributed by atoms with E-state index in [-0.39, 0.29) is 17.3 Å². The summed E-state index contributed by atoms with van der Waals surface area (Å²) in [5.74, 6) is 0.0141. The molecule has 1 aliphatic carbocycles. The van der Waals surface area contributed by atoms with Crippen LogP contribution in [0.2, 0.25) is 0 Å². The molecule has 2 aliphatic rings. The van der Waals surface area contributed by atoms with Crippen LogP contribution in [0, 0.1) is 11.3 Å². The average molecular weight is 288 g/mol. The zero-order chi connectivity index (χ0) is 15.1. The highest BCUT2D eigenvalue weighted by molar-refractivity contribution is 5.83. The molecule has 1 aromatic rings. The summed E-state index contributed by atoms with van der Waals surface area (Å²) in [5, 5.41) is 0. The molecule has 1 saturated carbocycles. The van der Waals surface area contributed by atoms with Crippen LogP contribution in [0.1, 0.15) is 52.0 Å². The van der Waals surface area contributed by atoms with Gasteiger partial charge < -0.3 is 9.47 Å². The zero-order valence-electron chi connectivity index (χ0n) is 13.1. The van der Waals surface area contributed by atoms with Crippen LogP contribution in [-0.4, -0.2) is 12.3 Å². The van der Waals surface area contributed by atoms with Crippen LogP contribution >= 0.6 is 0 Å². The van der Waals surface area contributed by atoms with Crippen molar-refractivity contribution in [1.82, 2.24) is 0 Å². The summed E-state index contributed by atoms with van der Waals surface area (Å²) >= 11 is 0. The Bertz CT molecular complexity index is 511. The normalized spacial score (nSPS) is 30.6. The fourth-order valence-electron chi connectivity index (χ4n) is 3.48. The summed E-state index contributed by atoms with van der Waals surface area (Å²) < 4.78 is 12.0. The average Bonchev–Trinajstić information content (AvgIpc) is 3.07. The van der Waals surface area contributed by atoms with Gasteiger partial charge in [0.1, 0.15) is 0 Å². The molecule has 1 aromatic carbocycles. The summed E-state index contributed by atoms with van der Waals surface area (Å²) in [7, 11) is 0. The third-order valence-corrected chi connectivity index (χ3v) is 4.65. The SMILES string of the molecule is CC(C)(C)C1OC(=O)[C@@](c2ccccc2)(C2CCCC2)O1. The summed E-state index contributed by atoms with van der Waals surface area (Å²) in [5.41, 5.74) is -0.186. The highest BCUT2D eigenvalue weighted by Gasteiger charge is 2.59. The molecule has 0 spiro atoms. The molecular weight excluding hydrogens is 264 g/mol. The van der Waals surface area contributed by atoms with Gasteiger partial charge in [-0.1, -0.05) is 63.9 Å². The first-order valence-corrected chi connectivity index (χ1v) is 7.89. The first kappa shape index (κ1) is 14.6. The van der Waals surface area contributed by atoms with E-state index in [4.69, 9.17) is 9.47 Å². The number of hydrogen-bond acceptors (Lipinski definition) is 3. The fourth-order valence-corrected chi connectivity index (χ4v) is 3.48. The number of benzene rings is 1. The maximum Gasteiger partial charge on any atom is 0.345 e. The Labute approximate surface area is 126 Å². The van der Waals surface area contributed by atoms with Gasteiger partial charge in [-0.2, -0.15) is 0 Å². The van der Waals surface area contributed by atoms with Gasteiger partial charge in [0.15, 0.2) is 5.60 Å². The molecule has 2 atom stereocenters. The van der Waals surface area contributed by atoms with Crippen LogP contribution in [0.4, 0.5) is 0 Å². The largest absolute Gasteiger partial charge is 0.433 e. The Morgan fingerprint density at radius 3 is 2.24 bits per heavy atom. The molecule has 0 amide bonds. The molecule has 0 N–H and O–H groups in total. The van der Waals surface area contributed by atoms with Gasteiger partial charge in [-0.25, -0.2) is 4.79 Å². The van der Waals surface area contributed by atoms with E-state index in [1.807, 2.05) is 51.1 Å². The van der Waals surface area contributed by atoms with Crippen LogP contribution in [0.3, 0.4) is 0 Å². The van der Waals surface area contributed by atoms with Crippen molar-refractivity contribution in [2.45, 2.75) is 58.3 Å². The van der Waals surface area contributed by atoms with Crippen molar-refractivity contribution in [3.63, 3.8) is 0 Å². The molecule has 1 heterocycles. The lowest BCUT2D eigenvalue weighted by Gasteiger charge is -2.33. The van der Waals surface area contributed by atoms with Gasteiger partial charge in [-0.05, 0) is 18.4 Å². The molecule has 114 valence electrons. The first-order valence-electron chi connectivity index (χ1n) is 7.89. The Hall–Kier alpha value is -1.35. The summed E-state index contributed by atoms with van der Waals surface area (Å²) in [6, 6.07) is 9.88. The van der Waals surface area contributed by atoms with Crippen molar-refractivity contribution in [1.29, 1.82) is 0 Å². The van der Waals surface area contributed by atoms with Gasteiger partial charge in [-0.3, -0.25) is 0 Å². The lowest BCUT2D eigenvalue weighted by molar-refractivity contribution is -0.162. The number of rotatable bonds is 2. The van der Waals surface area contributed by atoms with Gasteiger partial charge >= 0.3 is 5.97 Å². The van der Waals surface area contributed by atoms with Crippen LogP contribution in [0.15, 0.2) is 30.3 Å². The van der Waals surface area contributed by atoms with Crippen molar-refractivity contribution >= 4 is 5.97 Å². The third kappa shape index (κ3) is 2.38. The fraction of sp³-hybridized carbons (Fsp3) is 0.611. The minimum atomic E-state index is -0.907. The van der Waals surface area contributed by atoms with Gasteiger partial charge in [0.05, 0.1) is 0 Å². The standard InChI is InChI=1S/C18H24O3/c1-17(2,3)16-20-15(19)18(21-16,14-11-7-8-12-14)13-9-5-4-6-10-13/h4-6,9-10,14,16H,7-8,11-12H2,1-3H3/t16?,18-/m1/s1. The van der Waals surface area contributed by atoms with Gasteiger partial charge in [0.2, 0.25) is 6.29 Å². The quantitative estimate of drug-likeness (QED) is 0.771. The maximum absolute atomic E-state index is 12.8. The molecule has 0 radical (unpaired) electrons. The number of ether oxygens (including phenoxy) is 2. The summed E-state index contributed by atoms with van der Waals surface area (Å²) in [4.78, 5) is 12.8.